The Morgan fingerprint density at radius 3 is 3.07 bits per heavy atom. The largest absolute Gasteiger partial charge is 0.385 e. The zero-order chi connectivity index (χ0) is 10.0. The molecule has 1 aliphatic rings. The Labute approximate surface area is 85.2 Å². The molecule has 3 N–H and O–H groups in total. The van der Waals surface area contributed by atoms with Crippen LogP contribution in [0.3, 0.4) is 0 Å². The van der Waals surface area contributed by atoms with Gasteiger partial charge >= 0.3 is 0 Å². The lowest BCUT2D eigenvalue weighted by molar-refractivity contribution is -0.00762. The van der Waals surface area contributed by atoms with Gasteiger partial charge in [0.1, 0.15) is 11.3 Å². The van der Waals surface area contributed by atoms with E-state index in [1.165, 1.54) is 11.3 Å². The quantitative estimate of drug-likeness (QED) is 0.615. The molecule has 1 aromatic rings. The molecule has 1 aromatic heterocycles. The van der Waals surface area contributed by atoms with Gasteiger partial charge in [0.25, 0.3) is 5.91 Å². The fourth-order valence-electron chi connectivity index (χ4n) is 1.20. The Hall–Kier alpha value is -0.980. The molecule has 0 saturated carbocycles. The first-order chi connectivity index (χ1) is 6.70. The molecule has 0 aliphatic carbocycles. The van der Waals surface area contributed by atoms with E-state index in [-0.39, 0.29) is 12.5 Å². The molecule has 0 unspecified atom stereocenters. The van der Waals surface area contributed by atoms with Gasteiger partial charge in [-0.15, -0.1) is 11.3 Å². The molecule has 76 valence electrons. The monoisotopic (exact) mass is 213 g/mol. The Morgan fingerprint density at radius 2 is 2.57 bits per heavy atom. The van der Waals surface area contributed by atoms with Gasteiger partial charge in [-0.05, 0) is 0 Å². The summed E-state index contributed by atoms with van der Waals surface area (Å²) < 4.78 is 0. The van der Waals surface area contributed by atoms with Crippen LogP contribution in [0.5, 0.6) is 0 Å². The van der Waals surface area contributed by atoms with Crippen LogP contribution in [0, 0.1) is 0 Å². The summed E-state index contributed by atoms with van der Waals surface area (Å²) in [5.41, 5.74) is 1.24. The van der Waals surface area contributed by atoms with Crippen molar-refractivity contribution in [3.05, 3.63) is 16.6 Å². The topological polar surface area (TPSA) is 74.2 Å². The van der Waals surface area contributed by atoms with E-state index >= 15 is 0 Å². The number of nitrogens with one attached hydrogen (secondary N) is 2. The van der Waals surface area contributed by atoms with E-state index in [4.69, 9.17) is 0 Å². The van der Waals surface area contributed by atoms with Crippen LogP contribution in [0.15, 0.2) is 10.9 Å². The Bertz CT molecular complexity index is 321. The maximum Gasteiger partial charge on any atom is 0.270 e. The fourth-order valence-corrected chi connectivity index (χ4v) is 1.73. The maximum absolute atomic E-state index is 11.4. The number of thiazole rings is 1. The summed E-state index contributed by atoms with van der Waals surface area (Å²) in [6, 6.07) is 0. The first kappa shape index (κ1) is 9.57. The molecular weight excluding hydrogens is 202 g/mol. The van der Waals surface area contributed by atoms with Gasteiger partial charge in [-0.1, -0.05) is 0 Å². The molecule has 1 aliphatic heterocycles. The second kappa shape index (κ2) is 3.64. The molecule has 2 heterocycles. The van der Waals surface area contributed by atoms with Crippen LogP contribution < -0.4 is 10.6 Å². The van der Waals surface area contributed by atoms with Crippen molar-refractivity contribution in [2.75, 3.05) is 19.6 Å². The third kappa shape index (κ3) is 1.92. The van der Waals surface area contributed by atoms with Crippen LogP contribution in [0.25, 0.3) is 0 Å². The van der Waals surface area contributed by atoms with Crippen molar-refractivity contribution in [1.82, 2.24) is 15.6 Å². The number of nitrogens with zero attached hydrogens (tertiary/aromatic N) is 1. The Kier molecular flexibility index (Phi) is 2.49. The number of carbonyl (C=O) groups excluding carboxylic acids is 1. The minimum absolute atomic E-state index is 0.230. The smallest absolute Gasteiger partial charge is 0.270 e. The lowest BCUT2D eigenvalue weighted by atomic mass is 9.97. The predicted octanol–water partition coefficient (Wildman–Crippen LogP) is -0.793. The van der Waals surface area contributed by atoms with E-state index in [0.717, 1.165) is 0 Å². The summed E-state index contributed by atoms with van der Waals surface area (Å²) in [4.78, 5) is 15.3. The fraction of sp³-hybridized carbons (Fsp3) is 0.500. The van der Waals surface area contributed by atoms with E-state index in [9.17, 15) is 9.90 Å². The molecule has 1 amide bonds. The summed E-state index contributed by atoms with van der Waals surface area (Å²) in [7, 11) is 0. The highest BCUT2D eigenvalue weighted by Crippen LogP contribution is 2.08. The molecule has 2 rings (SSSR count). The van der Waals surface area contributed by atoms with Crippen LogP contribution in [0.1, 0.15) is 10.5 Å². The molecule has 0 spiro atoms. The van der Waals surface area contributed by atoms with Crippen molar-refractivity contribution in [3.8, 4) is 0 Å². The standard InChI is InChI=1S/C8H11N3O2S/c12-7(6-1-14-5-11-6)10-4-8(13)2-9-3-8/h1,5,9,13H,2-4H2,(H,10,12). The maximum atomic E-state index is 11.4. The number of amides is 1. The van der Waals surface area contributed by atoms with E-state index in [1.54, 1.807) is 10.9 Å². The molecule has 14 heavy (non-hydrogen) atoms. The molecule has 0 aromatic carbocycles. The predicted molar refractivity (Wildman–Crippen MR) is 52.3 cm³/mol. The summed E-state index contributed by atoms with van der Waals surface area (Å²) in [5, 5.41) is 16.9. The number of aliphatic hydroxyl groups is 1. The van der Waals surface area contributed by atoms with E-state index in [2.05, 4.69) is 15.6 Å². The second-order valence-electron chi connectivity index (χ2n) is 3.38. The van der Waals surface area contributed by atoms with Crippen LogP contribution in [0.4, 0.5) is 0 Å². The first-order valence-corrected chi connectivity index (χ1v) is 5.23. The lowest BCUT2D eigenvalue weighted by Crippen LogP contribution is -2.64. The summed E-state index contributed by atoms with van der Waals surface area (Å²) >= 11 is 1.37. The van der Waals surface area contributed by atoms with Gasteiger partial charge in [-0.3, -0.25) is 4.79 Å². The number of aromatic nitrogens is 1. The van der Waals surface area contributed by atoms with Gasteiger partial charge in [-0.2, -0.15) is 0 Å². The molecule has 5 nitrogen and oxygen atoms in total. The molecule has 0 bridgehead atoms. The number of β-amino-alcohol motifs (C(OH)–C–C–N with tert-alkyl or cyclic N) is 1. The van der Waals surface area contributed by atoms with Crippen LogP contribution in [-0.4, -0.2) is 41.2 Å². The van der Waals surface area contributed by atoms with E-state index in [1.807, 2.05) is 0 Å². The highest BCUT2D eigenvalue weighted by atomic mass is 32.1. The Morgan fingerprint density at radius 1 is 1.79 bits per heavy atom. The van der Waals surface area contributed by atoms with Gasteiger partial charge in [0.05, 0.1) is 5.51 Å². The van der Waals surface area contributed by atoms with Crippen LogP contribution in [0.2, 0.25) is 0 Å². The molecule has 0 atom stereocenters. The van der Waals surface area contributed by atoms with Crippen molar-refractivity contribution in [2.45, 2.75) is 5.60 Å². The molecule has 1 saturated heterocycles. The minimum atomic E-state index is -0.772. The number of hydrogen-bond donors (Lipinski definition) is 3. The summed E-state index contributed by atoms with van der Waals surface area (Å²) in [6.45, 7) is 1.34. The zero-order valence-corrected chi connectivity index (χ0v) is 8.30. The first-order valence-electron chi connectivity index (χ1n) is 4.29. The molecule has 0 radical (unpaired) electrons. The average molecular weight is 213 g/mol. The average Bonchev–Trinajstić information content (AvgIpc) is 2.63. The van der Waals surface area contributed by atoms with Crippen molar-refractivity contribution in [2.24, 2.45) is 0 Å². The second-order valence-corrected chi connectivity index (χ2v) is 4.10. The van der Waals surface area contributed by atoms with Crippen molar-refractivity contribution >= 4 is 17.2 Å². The highest BCUT2D eigenvalue weighted by molar-refractivity contribution is 7.07. The normalized spacial score (nSPS) is 18.6. The van der Waals surface area contributed by atoms with Crippen molar-refractivity contribution < 1.29 is 9.90 Å². The molecule has 1 fully saturated rings. The van der Waals surface area contributed by atoms with Gasteiger partial charge in [-0.25, -0.2) is 4.98 Å². The summed E-state index contributed by atoms with van der Waals surface area (Å²) in [6.07, 6.45) is 0. The van der Waals surface area contributed by atoms with Crippen molar-refractivity contribution in [1.29, 1.82) is 0 Å². The van der Waals surface area contributed by atoms with Gasteiger partial charge < -0.3 is 15.7 Å². The van der Waals surface area contributed by atoms with Gasteiger partial charge in [0, 0.05) is 25.0 Å². The highest BCUT2D eigenvalue weighted by Gasteiger charge is 2.34. The number of carbonyl (C=O) groups is 1. The van der Waals surface area contributed by atoms with E-state index in [0.29, 0.717) is 18.8 Å². The summed E-state index contributed by atoms with van der Waals surface area (Å²) in [5.74, 6) is -0.230. The zero-order valence-electron chi connectivity index (χ0n) is 7.49. The number of rotatable bonds is 3. The third-order valence-electron chi connectivity index (χ3n) is 2.15. The Balaban J connectivity index is 1.84. The number of hydrogen-bond acceptors (Lipinski definition) is 5. The van der Waals surface area contributed by atoms with Crippen molar-refractivity contribution in [3.63, 3.8) is 0 Å². The van der Waals surface area contributed by atoms with Gasteiger partial charge in [0.2, 0.25) is 0 Å². The van der Waals surface area contributed by atoms with Crippen LogP contribution >= 0.6 is 11.3 Å². The lowest BCUT2D eigenvalue weighted by Gasteiger charge is -2.37. The van der Waals surface area contributed by atoms with Crippen LogP contribution in [-0.2, 0) is 0 Å². The van der Waals surface area contributed by atoms with Gasteiger partial charge in [0.15, 0.2) is 0 Å². The molecular formula is C8H11N3O2S. The van der Waals surface area contributed by atoms with E-state index < -0.39 is 5.60 Å². The molecule has 6 heteroatoms. The third-order valence-corrected chi connectivity index (χ3v) is 2.74. The minimum Gasteiger partial charge on any atom is -0.385 e. The SMILES string of the molecule is O=C(NCC1(O)CNC1)c1cscn1.